The summed E-state index contributed by atoms with van der Waals surface area (Å²) in [7, 11) is 0. The zero-order valence-corrected chi connectivity index (χ0v) is 14.8. The Balaban J connectivity index is 1.70. The van der Waals surface area contributed by atoms with Crippen LogP contribution in [0.2, 0.25) is 0 Å². The fourth-order valence-corrected chi connectivity index (χ4v) is 3.93. The van der Waals surface area contributed by atoms with E-state index in [1.807, 2.05) is 11.8 Å². The van der Waals surface area contributed by atoms with Crippen molar-refractivity contribution in [2.45, 2.75) is 56.0 Å². The summed E-state index contributed by atoms with van der Waals surface area (Å²) in [5.74, 6) is 7.21. The summed E-state index contributed by atoms with van der Waals surface area (Å²) >= 11 is 1.33. The van der Waals surface area contributed by atoms with E-state index >= 15 is 0 Å². The average molecular weight is 349 g/mol. The highest BCUT2D eigenvalue weighted by atomic mass is 32.2. The molecular weight excluding hydrogens is 326 g/mol. The molecule has 0 aromatic carbocycles. The normalized spacial score (nSPS) is 19.4. The van der Waals surface area contributed by atoms with Gasteiger partial charge in [-0.15, -0.1) is 10.2 Å². The maximum Gasteiger partial charge on any atom is 0.236 e. The number of nitrogen functional groups attached to an aromatic ring is 1. The Morgan fingerprint density at radius 1 is 1.50 bits per heavy atom. The minimum atomic E-state index is -0.256. The number of aromatic nitrogens is 3. The first kappa shape index (κ1) is 16.9. The molecule has 8 heteroatoms. The zero-order chi connectivity index (χ0) is 17.1. The Morgan fingerprint density at radius 3 is 3.04 bits per heavy atom. The molecule has 0 saturated carbocycles. The van der Waals surface area contributed by atoms with E-state index in [-0.39, 0.29) is 11.2 Å². The van der Waals surface area contributed by atoms with Crippen LogP contribution < -0.4 is 5.84 Å². The Labute approximate surface area is 145 Å². The number of likely N-dealkylation sites (tertiary alicyclic amines) is 1. The van der Waals surface area contributed by atoms with Gasteiger partial charge in [0.1, 0.15) is 0 Å². The predicted octanol–water partition coefficient (Wildman–Crippen LogP) is 2.52. The number of amides is 1. The van der Waals surface area contributed by atoms with Crippen LogP contribution in [0.3, 0.4) is 0 Å². The fraction of sp³-hybridized carbons (Fsp3) is 0.562. The van der Waals surface area contributed by atoms with E-state index in [0.29, 0.717) is 22.8 Å². The first-order valence-corrected chi connectivity index (χ1v) is 9.21. The van der Waals surface area contributed by atoms with Crippen LogP contribution in [-0.4, -0.2) is 43.5 Å². The molecule has 3 heterocycles. The van der Waals surface area contributed by atoms with Crippen molar-refractivity contribution in [1.82, 2.24) is 19.8 Å². The molecule has 1 aliphatic rings. The van der Waals surface area contributed by atoms with Gasteiger partial charge in [0.05, 0.1) is 11.5 Å². The van der Waals surface area contributed by atoms with Crippen LogP contribution in [-0.2, 0) is 4.79 Å². The van der Waals surface area contributed by atoms with Gasteiger partial charge in [0, 0.05) is 12.6 Å². The molecular formula is C16H23N5O2S. The molecule has 0 aliphatic carbocycles. The van der Waals surface area contributed by atoms with Crippen molar-refractivity contribution in [3.63, 3.8) is 0 Å². The number of piperidine rings is 1. The third kappa shape index (κ3) is 3.28. The van der Waals surface area contributed by atoms with Gasteiger partial charge in [-0.3, -0.25) is 4.79 Å². The van der Waals surface area contributed by atoms with Crippen LogP contribution in [0.1, 0.15) is 39.5 Å². The highest BCUT2D eigenvalue weighted by Crippen LogP contribution is 2.28. The first-order chi connectivity index (χ1) is 11.6. The summed E-state index contributed by atoms with van der Waals surface area (Å²) < 4.78 is 6.68. The molecule has 0 bridgehead atoms. The van der Waals surface area contributed by atoms with E-state index in [1.54, 1.807) is 18.4 Å². The van der Waals surface area contributed by atoms with E-state index in [0.717, 1.165) is 25.8 Å². The number of carbonyl (C=O) groups excluding carboxylic acids is 1. The molecule has 1 aliphatic heterocycles. The number of nitrogens with zero attached hydrogens (tertiary/aromatic N) is 4. The summed E-state index contributed by atoms with van der Waals surface area (Å²) in [6, 6.07) is 3.89. The molecule has 1 saturated heterocycles. The number of rotatable bonds is 5. The van der Waals surface area contributed by atoms with Crippen molar-refractivity contribution in [2.24, 2.45) is 0 Å². The lowest BCUT2D eigenvalue weighted by atomic mass is 10.00. The molecule has 2 unspecified atom stereocenters. The van der Waals surface area contributed by atoms with Crippen molar-refractivity contribution in [2.75, 3.05) is 12.4 Å². The SMILES string of the molecule is CCC1CCCCN1C(=O)C(C)Sc1nnc(-c2ccco2)n1N. The van der Waals surface area contributed by atoms with Gasteiger partial charge >= 0.3 is 0 Å². The molecule has 24 heavy (non-hydrogen) atoms. The van der Waals surface area contributed by atoms with Crippen LogP contribution in [0, 0.1) is 0 Å². The molecule has 3 rings (SSSR count). The van der Waals surface area contributed by atoms with Gasteiger partial charge in [0.25, 0.3) is 0 Å². The minimum absolute atomic E-state index is 0.147. The zero-order valence-electron chi connectivity index (χ0n) is 14.0. The highest BCUT2D eigenvalue weighted by molar-refractivity contribution is 8.00. The van der Waals surface area contributed by atoms with E-state index in [2.05, 4.69) is 17.1 Å². The summed E-state index contributed by atoms with van der Waals surface area (Å²) in [6.07, 6.45) is 5.93. The number of nitrogens with two attached hydrogens (primary N) is 1. The second-order valence-electron chi connectivity index (χ2n) is 6.00. The summed E-state index contributed by atoms with van der Waals surface area (Å²) in [6.45, 7) is 4.88. The fourth-order valence-electron chi connectivity index (χ4n) is 3.09. The maximum absolute atomic E-state index is 12.8. The standard InChI is InChI=1S/C16H23N5O2S/c1-3-12-7-4-5-9-20(12)15(22)11(2)24-16-19-18-14(21(16)17)13-8-6-10-23-13/h6,8,10-12H,3-5,7,9,17H2,1-2H3. The van der Waals surface area contributed by atoms with Gasteiger partial charge in [-0.1, -0.05) is 18.7 Å². The first-order valence-electron chi connectivity index (χ1n) is 8.33. The van der Waals surface area contributed by atoms with Gasteiger partial charge in [0.2, 0.25) is 16.9 Å². The quantitative estimate of drug-likeness (QED) is 0.659. The Bertz CT molecular complexity index is 685. The molecule has 130 valence electrons. The Kier molecular flexibility index (Phi) is 5.13. The van der Waals surface area contributed by atoms with Crippen LogP contribution in [0.4, 0.5) is 0 Å². The molecule has 2 aromatic heterocycles. The average Bonchev–Trinajstić information content (AvgIpc) is 3.24. The third-order valence-electron chi connectivity index (χ3n) is 4.42. The summed E-state index contributed by atoms with van der Waals surface area (Å²) in [5, 5.41) is 8.41. The summed E-state index contributed by atoms with van der Waals surface area (Å²) in [4.78, 5) is 14.8. The molecule has 2 N–H and O–H groups in total. The van der Waals surface area contributed by atoms with Crippen LogP contribution in [0.5, 0.6) is 0 Å². The molecule has 2 atom stereocenters. The number of carbonyl (C=O) groups is 1. The van der Waals surface area contributed by atoms with Crippen molar-refractivity contribution in [3.05, 3.63) is 18.4 Å². The topological polar surface area (TPSA) is 90.2 Å². The number of hydrogen-bond acceptors (Lipinski definition) is 6. The van der Waals surface area contributed by atoms with Gasteiger partial charge < -0.3 is 15.2 Å². The predicted molar refractivity (Wildman–Crippen MR) is 92.8 cm³/mol. The maximum atomic E-state index is 12.8. The van der Waals surface area contributed by atoms with Crippen molar-refractivity contribution >= 4 is 17.7 Å². The third-order valence-corrected chi connectivity index (χ3v) is 5.46. The lowest BCUT2D eigenvalue weighted by Gasteiger charge is -2.36. The number of thioether (sulfide) groups is 1. The number of hydrogen-bond donors (Lipinski definition) is 1. The lowest BCUT2D eigenvalue weighted by molar-refractivity contribution is -0.134. The molecule has 1 fully saturated rings. The van der Waals surface area contributed by atoms with Gasteiger partial charge in [-0.2, -0.15) is 0 Å². The Hall–Kier alpha value is -1.96. The molecule has 7 nitrogen and oxygen atoms in total. The molecule has 2 aromatic rings. The van der Waals surface area contributed by atoms with E-state index in [1.165, 1.54) is 22.9 Å². The van der Waals surface area contributed by atoms with Crippen molar-refractivity contribution < 1.29 is 9.21 Å². The second kappa shape index (κ2) is 7.29. The largest absolute Gasteiger partial charge is 0.461 e. The van der Waals surface area contributed by atoms with Gasteiger partial charge in [0.15, 0.2) is 5.76 Å². The molecule has 0 spiro atoms. The second-order valence-corrected chi connectivity index (χ2v) is 7.31. The minimum Gasteiger partial charge on any atom is -0.461 e. The van der Waals surface area contributed by atoms with Crippen LogP contribution in [0.25, 0.3) is 11.6 Å². The van der Waals surface area contributed by atoms with Crippen LogP contribution in [0.15, 0.2) is 28.0 Å². The highest BCUT2D eigenvalue weighted by Gasteiger charge is 2.30. The number of furan rings is 1. The van der Waals surface area contributed by atoms with E-state index < -0.39 is 0 Å². The van der Waals surface area contributed by atoms with E-state index in [4.69, 9.17) is 10.3 Å². The van der Waals surface area contributed by atoms with Gasteiger partial charge in [-0.25, -0.2) is 4.68 Å². The smallest absolute Gasteiger partial charge is 0.236 e. The van der Waals surface area contributed by atoms with E-state index in [9.17, 15) is 4.79 Å². The molecule has 0 radical (unpaired) electrons. The van der Waals surface area contributed by atoms with Gasteiger partial charge in [-0.05, 0) is 44.7 Å². The monoisotopic (exact) mass is 349 g/mol. The van der Waals surface area contributed by atoms with Crippen molar-refractivity contribution in [1.29, 1.82) is 0 Å². The lowest BCUT2D eigenvalue weighted by Crippen LogP contribution is -2.46. The molecule has 1 amide bonds. The van der Waals surface area contributed by atoms with Crippen LogP contribution >= 0.6 is 11.8 Å². The Morgan fingerprint density at radius 2 is 2.33 bits per heavy atom. The summed E-state index contributed by atoms with van der Waals surface area (Å²) in [5.41, 5.74) is 0. The van der Waals surface area contributed by atoms with Crippen molar-refractivity contribution in [3.8, 4) is 11.6 Å².